The Morgan fingerprint density at radius 1 is 0.581 bits per heavy atom. The molecule has 0 N–H and O–H groups in total. The second kappa shape index (κ2) is 13.4. The minimum Gasteiger partial charge on any atom is -0.180 e. The molecule has 0 aliphatic carbocycles. The Labute approximate surface area is 195 Å². The number of hydrogen-bond donors (Lipinski definition) is 0. The lowest BCUT2D eigenvalue weighted by Gasteiger charge is -2.57. The fourth-order valence-corrected chi connectivity index (χ4v) is 10.9. The average molecular weight is 441 g/mol. The summed E-state index contributed by atoms with van der Waals surface area (Å²) in [6, 6.07) is 23.2. The summed E-state index contributed by atoms with van der Waals surface area (Å²) < 4.78 is 0.217. The molecule has 2 aromatic carbocycles. The fraction of sp³-hybridized carbons (Fsp3) is 0.600. The highest BCUT2D eigenvalue weighted by molar-refractivity contribution is 8.35. The number of benzene rings is 2. The minimum absolute atomic E-state index is 0.217. The van der Waals surface area contributed by atoms with Crippen molar-refractivity contribution in [2.24, 2.45) is 0 Å². The molecule has 0 bridgehead atoms. The normalized spacial score (nSPS) is 13.8. The lowest BCUT2D eigenvalue weighted by Crippen LogP contribution is -2.34. The molecule has 174 valence electrons. The molecule has 0 amide bonds. The van der Waals surface area contributed by atoms with Crippen LogP contribution in [0.5, 0.6) is 0 Å². The third-order valence-electron chi connectivity index (χ3n) is 6.71. The van der Waals surface area contributed by atoms with Crippen LogP contribution in [0.4, 0.5) is 0 Å². The highest BCUT2D eigenvalue weighted by Gasteiger charge is 2.45. The molecule has 2 rings (SSSR count). The van der Waals surface area contributed by atoms with E-state index in [1.165, 1.54) is 70.6 Å². The van der Waals surface area contributed by atoms with Crippen LogP contribution in [0.15, 0.2) is 70.5 Å². The summed E-state index contributed by atoms with van der Waals surface area (Å²) in [4.78, 5) is 3.17. The molecule has 1 atom stereocenters. The molecule has 0 spiro atoms. The Morgan fingerprint density at radius 2 is 0.968 bits per heavy atom. The van der Waals surface area contributed by atoms with Crippen LogP contribution in [0.3, 0.4) is 0 Å². The lowest BCUT2D eigenvalue weighted by molar-refractivity contribution is 0.547. The Morgan fingerprint density at radius 3 is 1.35 bits per heavy atom. The van der Waals surface area contributed by atoms with Crippen LogP contribution >= 0.6 is 10.0 Å². The van der Waals surface area contributed by atoms with E-state index in [4.69, 9.17) is 0 Å². The summed E-state index contributed by atoms with van der Waals surface area (Å²) in [5.74, 6) is 0. The van der Waals surface area contributed by atoms with E-state index in [-0.39, 0.29) is 4.75 Å². The van der Waals surface area contributed by atoms with Gasteiger partial charge in [-0.2, -0.15) is 10.0 Å². The van der Waals surface area contributed by atoms with Crippen molar-refractivity contribution in [1.29, 1.82) is 0 Å². The summed E-state index contributed by atoms with van der Waals surface area (Å²) in [7, 11) is -1.19. The van der Waals surface area contributed by atoms with E-state index in [0.717, 1.165) is 5.25 Å². The van der Waals surface area contributed by atoms with Gasteiger partial charge in [0.05, 0.1) is 0 Å². The van der Waals surface area contributed by atoms with Crippen molar-refractivity contribution in [3.8, 4) is 0 Å². The molecule has 0 saturated heterocycles. The average Bonchev–Trinajstić information content (AvgIpc) is 2.77. The topological polar surface area (TPSA) is 0 Å². The van der Waals surface area contributed by atoms with Crippen molar-refractivity contribution in [3.05, 3.63) is 60.7 Å². The predicted molar refractivity (Wildman–Crippen MR) is 143 cm³/mol. The maximum Gasteiger partial charge on any atom is -0.000270 e. The quantitative estimate of drug-likeness (QED) is 0.256. The van der Waals surface area contributed by atoms with Crippen LogP contribution in [0.1, 0.15) is 105 Å². The maximum absolute atomic E-state index is 2.51. The first-order chi connectivity index (χ1) is 15.0. The van der Waals surface area contributed by atoms with Gasteiger partial charge in [-0.25, -0.2) is 0 Å². The van der Waals surface area contributed by atoms with Gasteiger partial charge in [0.15, 0.2) is 0 Å². The fourth-order valence-electron chi connectivity index (χ4n) is 5.27. The first kappa shape index (κ1) is 26.0. The van der Waals surface area contributed by atoms with Crippen LogP contribution in [0, 0.1) is 0 Å². The molecule has 0 nitrogen and oxygen atoms in total. The van der Waals surface area contributed by atoms with E-state index in [2.05, 4.69) is 95.3 Å². The monoisotopic (exact) mass is 440 g/mol. The second-order valence-corrected chi connectivity index (χ2v) is 14.2. The lowest BCUT2D eigenvalue weighted by atomic mass is 10.0. The van der Waals surface area contributed by atoms with Gasteiger partial charge in [-0.3, -0.25) is 0 Å². The Kier molecular flexibility index (Phi) is 11.2. The summed E-state index contributed by atoms with van der Waals surface area (Å²) >= 11 is 0. The summed E-state index contributed by atoms with van der Waals surface area (Å²) in [5, 5.41) is 0.746. The van der Waals surface area contributed by atoms with Gasteiger partial charge < -0.3 is 0 Å². The Balaban J connectivity index is 2.50. The first-order valence-electron chi connectivity index (χ1n) is 12.9. The van der Waals surface area contributed by atoms with Crippen molar-refractivity contribution in [2.75, 3.05) is 0 Å². The summed E-state index contributed by atoms with van der Waals surface area (Å²) in [6.07, 6.45) is 15.1. The van der Waals surface area contributed by atoms with E-state index < -0.39 is 10.0 Å². The summed E-state index contributed by atoms with van der Waals surface area (Å²) in [5.41, 5.74) is 0. The molecule has 0 saturated carbocycles. The Bertz CT molecular complexity index is 659. The first-order valence-corrected chi connectivity index (χ1v) is 14.6. The van der Waals surface area contributed by atoms with Crippen LogP contribution in [0.2, 0.25) is 0 Å². The van der Waals surface area contributed by atoms with Gasteiger partial charge in [-0.1, -0.05) is 129 Å². The zero-order chi connectivity index (χ0) is 22.6. The van der Waals surface area contributed by atoms with Crippen molar-refractivity contribution < 1.29 is 0 Å². The van der Waals surface area contributed by atoms with Gasteiger partial charge in [0.25, 0.3) is 0 Å². The third kappa shape index (κ3) is 6.88. The number of unbranched alkanes of at least 4 members (excludes halogenated alkanes) is 7. The summed E-state index contributed by atoms with van der Waals surface area (Å²) in [6.45, 7) is 12.2. The van der Waals surface area contributed by atoms with Gasteiger partial charge in [-0.15, -0.1) is 0 Å². The molecule has 0 aromatic heterocycles. The van der Waals surface area contributed by atoms with Gasteiger partial charge in [0.2, 0.25) is 0 Å². The van der Waals surface area contributed by atoms with E-state index in [1.807, 2.05) is 0 Å². The predicted octanol–water partition coefficient (Wildman–Crippen LogP) is 10.4. The zero-order valence-electron chi connectivity index (χ0n) is 21.0. The van der Waals surface area contributed by atoms with Crippen LogP contribution in [-0.4, -0.2) is 10.00 Å². The number of hydrogen-bond acceptors (Lipinski definition) is 0. The van der Waals surface area contributed by atoms with E-state index in [1.54, 1.807) is 9.79 Å². The number of rotatable bonds is 14. The highest BCUT2D eigenvalue weighted by Crippen LogP contribution is 2.74. The molecule has 2 aromatic rings. The molecule has 31 heavy (non-hydrogen) atoms. The van der Waals surface area contributed by atoms with E-state index in [0.29, 0.717) is 0 Å². The molecule has 1 unspecified atom stereocenters. The van der Waals surface area contributed by atoms with Gasteiger partial charge >= 0.3 is 0 Å². The van der Waals surface area contributed by atoms with E-state index in [9.17, 15) is 0 Å². The maximum atomic E-state index is 2.51. The van der Waals surface area contributed by atoms with Crippen molar-refractivity contribution in [1.82, 2.24) is 0 Å². The molecule has 1 heteroatoms. The minimum atomic E-state index is -1.19. The molecule has 0 aliphatic rings. The SMILES string of the molecule is CCCCCCCC(CCCCCC)S(c1ccccc1)(c1ccccc1)C(C)(C)C. The van der Waals surface area contributed by atoms with Crippen LogP contribution < -0.4 is 0 Å². The van der Waals surface area contributed by atoms with Crippen molar-refractivity contribution in [2.45, 2.75) is 125 Å². The molecular formula is C30H48S. The van der Waals surface area contributed by atoms with Crippen LogP contribution in [-0.2, 0) is 0 Å². The van der Waals surface area contributed by atoms with Gasteiger partial charge in [0, 0.05) is 0 Å². The highest BCUT2D eigenvalue weighted by atomic mass is 32.3. The standard InChI is InChI=1S/C30H48S/c1-6-8-10-12-16-22-27(21-15-11-9-7-2)31(30(3,4)5,28-23-17-13-18-24-28)29-25-19-14-20-26-29/h13-14,17-20,23-27H,6-12,15-16,21-22H2,1-5H3. The molecule has 0 fully saturated rings. The third-order valence-corrected chi connectivity index (χ3v) is 12.1. The zero-order valence-corrected chi connectivity index (χ0v) is 21.9. The largest absolute Gasteiger partial charge is 0.180 e. The molecule has 0 radical (unpaired) electrons. The molecule has 0 heterocycles. The van der Waals surface area contributed by atoms with E-state index >= 15 is 0 Å². The van der Waals surface area contributed by atoms with Crippen LogP contribution in [0.25, 0.3) is 0 Å². The van der Waals surface area contributed by atoms with Crippen molar-refractivity contribution in [3.63, 3.8) is 0 Å². The second-order valence-electron chi connectivity index (χ2n) is 10.1. The van der Waals surface area contributed by atoms with Gasteiger partial charge in [-0.05, 0) is 56.9 Å². The van der Waals surface area contributed by atoms with Crippen molar-refractivity contribution >= 4 is 10.0 Å². The molecular weight excluding hydrogens is 392 g/mol. The van der Waals surface area contributed by atoms with Gasteiger partial charge in [0.1, 0.15) is 0 Å². The molecule has 0 aliphatic heterocycles. The Hall–Kier alpha value is -1.21. The smallest absolute Gasteiger partial charge is 0.000270 e.